The second kappa shape index (κ2) is 12.6. The Morgan fingerprint density at radius 1 is 0.408 bits per heavy atom. The van der Waals surface area contributed by atoms with Gasteiger partial charge in [-0.25, -0.2) is 0 Å². The first-order chi connectivity index (χ1) is 23.2. The van der Waals surface area contributed by atoms with Crippen LogP contribution < -0.4 is 0 Å². The highest BCUT2D eigenvalue weighted by Crippen LogP contribution is 2.42. The SMILES string of the molecule is CC(C)(C)c1cc(-c2ccccc2-n2c3ccc(-c4cc(Cl)cc(Cl)c4)cc3c3cc(-c4cc(Cl)cc(Cl)c4)ccc32)cc(C(C)(C)C)c1. The van der Waals surface area contributed by atoms with Crippen molar-refractivity contribution in [2.75, 3.05) is 0 Å². The lowest BCUT2D eigenvalue weighted by molar-refractivity contribution is 0.569. The molecular formula is C44H37Cl4N. The van der Waals surface area contributed by atoms with Gasteiger partial charge >= 0.3 is 0 Å². The summed E-state index contributed by atoms with van der Waals surface area (Å²) in [6.07, 6.45) is 0. The van der Waals surface area contributed by atoms with Gasteiger partial charge in [-0.2, -0.15) is 0 Å². The Hall–Kier alpha value is -3.72. The van der Waals surface area contributed by atoms with Crippen LogP contribution in [0.5, 0.6) is 0 Å². The highest BCUT2D eigenvalue weighted by molar-refractivity contribution is 6.35. The van der Waals surface area contributed by atoms with E-state index in [1.54, 1.807) is 12.1 Å². The smallest absolute Gasteiger partial charge is 0.0541 e. The van der Waals surface area contributed by atoms with E-state index in [1.165, 1.54) is 22.3 Å². The minimum atomic E-state index is -0.00292. The molecule has 0 N–H and O–H groups in total. The largest absolute Gasteiger partial charge is 0.309 e. The van der Waals surface area contributed by atoms with E-state index < -0.39 is 0 Å². The molecule has 0 aliphatic heterocycles. The van der Waals surface area contributed by atoms with E-state index in [4.69, 9.17) is 46.4 Å². The van der Waals surface area contributed by atoms with Gasteiger partial charge in [-0.3, -0.25) is 0 Å². The van der Waals surface area contributed by atoms with E-state index in [1.807, 2.05) is 24.3 Å². The summed E-state index contributed by atoms with van der Waals surface area (Å²) in [5.41, 5.74) is 12.3. The van der Waals surface area contributed by atoms with Crippen molar-refractivity contribution in [2.45, 2.75) is 52.4 Å². The summed E-state index contributed by atoms with van der Waals surface area (Å²) in [6, 6.07) is 40.4. The van der Waals surface area contributed by atoms with Crippen molar-refractivity contribution in [1.82, 2.24) is 4.57 Å². The molecule has 0 radical (unpaired) electrons. The van der Waals surface area contributed by atoms with Crippen molar-refractivity contribution in [2.24, 2.45) is 0 Å². The molecule has 5 heteroatoms. The van der Waals surface area contributed by atoms with Gasteiger partial charge in [0, 0.05) is 36.4 Å². The Balaban J connectivity index is 1.53. The summed E-state index contributed by atoms with van der Waals surface area (Å²) in [5.74, 6) is 0. The Morgan fingerprint density at radius 3 is 1.27 bits per heavy atom. The zero-order valence-corrected chi connectivity index (χ0v) is 31.5. The van der Waals surface area contributed by atoms with Crippen molar-refractivity contribution >= 4 is 68.2 Å². The Labute approximate surface area is 309 Å². The molecule has 1 heterocycles. The summed E-state index contributed by atoms with van der Waals surface area (Å²) in [5, 5.41) is 4.65. The van der Waals surface area contributed by atoms with Crippen molar-refractivity contribution in [3.63, 3.8) is 0 Å². The van der Waals surface area contributed by atoms with Crippen molar-refractivity contribution in [3.05, 3.63) is 146 Å². The van der Waals surface area contributed by atoms with E-state index in [9.17, 15) is 0 Å². The maximum Gasteiger partial charge on any atom is 0.0541 e. The van der Waals surface area contributed by atoms with Crippen LogP contribution in [0.4, 0.5) is 0 Å². The molecule has 49 heavy (non-hydrogen) atoms. The zero-order chi connectivity index (χ0) is 34.8. The minimum absolute atomic E-state index is 0.00292. The van der Waals surface area contributed by atoms with Gasteiger partial charge in [-0.05, 0) is 117 Å². The Kier molecular flexibility index (Phi) is 8.65. The third kappa shape index (κ3) is 6.63. The van der Waals surface area contributed by atoms with Crippen LogP contribution in [0.2, 0.25) is 20.1 Å². The third-order valence-electron chi connectivity index (χ3n) is 9.28. The molecule has 0 amide bonds. The first kappa shape index (κ1) is 33.8. The average molecular weight is 722 g/mol. The number of aromatic nitrogens is 1. The van der Waals surface area contributed by atoms with E-state index in [-0.39, 0.29) is 10.8 Å². The molecule has 0 fully saturated rings. The fourth-order valence-corrected chi connectivity index (χ4v) is 7.70. The minimum Gasteiger partial charge on any atom is -0.309 e. The summed E-state index contributed by atoms with van der Waals surface area (Å²) < 4.78 is 2.39. The quantitative estimate of drug-likeness (QED) is 0.171. The molecule has 6 aromatic carbocycles. The van der Waals surface area contributed by atoms with Gasteiger partial charge in [-0.1, -0.05) is 136 Å². The van der Waals surface area contributed by atoms with Crippen LogP contribution in [0.15, 0.2) is 115 Å². The molecule has 0 saturated carbocycles. The fourth-order valence-electron chi connectivity index (χ4n) is 6.64. The molecule has 1 nitrogen and oxygen atoms in total. The Bertz CT molecular complexity index is 2220. The fraction of sp³-hybridized carbons (Fsp3) is 0.182. The highest BCUT2D eigenvalue weighted by Gasteiger charge is 2.23. The molecule has 246 valence electrons. The van der Waals surface area contributed by atoms with E-state index in [2.05, 4.69) is 125 Å². The molecule has 0 unspecified atom stereocenters. The molecule has 0 aliphatic carbocycles. The number of nitrogens with zero attached hydrogens (tertiary/aromatic N) is 1. The van der Waals surface area contributed by atoms with Gasteiger partial charge in [0.2, 0.25) is 0 Å². The van der Waals surface area contributed by atoms with E-state index >= 15 is 0 Å². The zero-order valence-electron chi connectivity index (χ0n) is 28.4. The summed E-state index contributed by atoms with van der Waals surface area (Å²) in [7, 11) is 0. The normalized spacial score (nSPS) is 12.3. The van der Waals surface area contributed by atoms with Gasteiger partial charge in [0.1, 0.15) is 0 Å². The van der Waals surface area contributed by atoms with Gasteiger partial charge in [0.05, 0.1) is 16.7 Å². The maximum absolute atomic E-state index is 6.46. The second-order valence-corrected chi connectivity index (χ2v) is 16.7. The summed E-state index contributed by atoms with van der Waals surface area (Å²) in [6.45, 7) is 13.7. The molecule has 0 spiro atoms. The number of hydrogen-bond acceptors (Lipinski definition) is 0. The predicted molar refractivity (Wildman–Crippen MR) is 215 cm³/mol. The molecule has 0 aliphatic rings. The molecule has 7 aromatic rings. The second-order valence-electron chi connectivity index (χ2n) is 14.9. The van der Waals surface area contributed by atoms with Crippen LogP contribution in [-0.4, -0.2) is 4.57 Å². The van der Waals surface area contributed by atoms with Gasteiger partial charge in [0.25, 0.3) is 0 Å². The number of rotatable bonds is 4. The van der Waals surface area contributed by atoms with Gasteiger partial charge in [-0.15, -0.1) is 0 Å². The summed E-state index contributed by atoms with van der Waals surface area (Å²) in [4.78, 5) is 0. The first-order valence-corrected chi connectivity index (χ1v) is 17.9. The van der Waals surface area contributed by atoms with Crippen LogP contribution in [0, 0.1) is 0 Å². The van der Waals surface area contributed by atoms with Crippen molar-refractivity contribution in [3.8, 4) is 39.1 Å². The average Bonchev–Trinajstić information content (AvgIpc) is 3.35. The van der Waals surface area contributed by atoms with E-state index in [0.717, 1.165) is 49.7 Å². The van der Waals surface area contributed by atoms with Crippen LogP contribution in [0.3, 0.4) is 0 Å². The molecule has 7 rings (SSSR count). The number of benzene rings is 6. The standard InChI is InChI=1S/C44H37Cl4N/c1-43(2,3)31-15-30(16-32(23-31)44(4,5)6)37-9-7-8-10-40(37)49-41-13-11-26(28-17-33(45)24-34(46)18-28)21-38(41)39-22-27(12-14-42(39)49)29-19-35(47)25-36(48)20-29/h7-25H,1-6H3. The van der Waals surface area contributed by atoms with Crippen LogP contribution in [-0.2, 0) is 10.8 Å². The molecule has 0 atom stereocenters. The highest BCUT2D eigenvalue weighted by atomic mass is 35.5. The molecular weight excluding hydrogens is 684 g/mol. The number of para-hydroxylation sites is 1. The first-order valence-electron chi connectivity index (χ1n) is 16.4. The maximum atomic E-state index is 6.46. The van der Waals surface area contributed by atoms with Gasteiger partial charge in [0.15, 0.2) is 0 Å². The van der Waals surface area contributed by atoms with Crippen LogP contribution >= 0.6 is 46.4 Å². The predicted octanol–water partition coefficient (Wildman–Crippen LogP) is 15.0. The Morgan fingerprint density at radius 2 is 0.837 bits per heavy atom. The number of hydrogen-bond donors (Lipinski definition) is 0. The topological polar surface area (TPSA) is 4.93 Å². The molecule has 1 aromatic heterocycles. The molecule has 0 bridgehead atoms. The van der Waals surface area contributed by atoms with Crippen molar-refractivity contribution in [1.29, 1.82) is 0 Å². The van der Waals surface area contributed by atoms with Crippen molar-refractivity contribution < 1.29 is 0 Å². The summed E-state index contributed by atoms with van der Waals surface area (Å²) >= 11 is 25.8. The number of halogens is 4. The van der Waals surface area contributed by atoms with Crippen LogP contribution in [0.1, 0.15) is 52.7 Å². The lowest BCUT2D eigenvalue weighted by atomic mass is 9.79. The lowest BCUT2D eigenvalue weighted by Gasteiger charge is -2.27. The van der Waals surface area contributed by atoms with Gasteiger partial charge < -0.3 is 4.57 Å². The van der Waals surface area contributed by atoms with Crippen LogP contribution in [0.25, 0.3) is 60.9 Å². The molecule has 0 saturated heterocycles. The lowest BCUT2D eigenvalue weighted by Crippen LogP contribution is -2.16. The number of fused-ring (bicyclic) bond motifs is 3. The third-order valence-corrected chi connectivity index (χ3v) is 10.2. The monoisotopic (exact) mass is 719 g/mol. The van der Waals surface area contributed by atoms with E-state index in [0.29, 0.717) is 20.1 Å².